The van der Waals surface area contributed by atoms with Crippen molar-refractivity contribution >= 4 is 33.2 Å². The fraction of sp³-hybridized carbons (Fsp3) is 0.136. The number of anilines is 1. The summed E-state index contributed by atoms with van der Waals surface area (Å²) in [4.78, 5) is 13.3. The smallest absolute Gasteiger partial charge is 0.268 e. The fourth-order valence-electron chi connectivity index (χ4n) is 2.81. The van der Waals surface area contributed by atoms with Crippen molar-refractivity contribution in [3.05, 3.63) is 94.0 Å². The monoisotopic (exact) mass is 413 g/mol. The summed E-state index contributed by atoms with van der Waals surface area (Å²) in [5, 5.41) is 0.419. The second-order valence-electron chi connectivity index (χ2n) is 6.68. The van der Waals surface area contributed by atoms with Crippen LogP contribution < -0.4 is 4.31 Å². The van der Waals surface area contributed by atoms with Gasteiger partial charge in [0, 0.05) is 10.6 Å². The summed E-state index contributed by atoms with van der Waals surface area (Å²) in [5.74, 6) is -0.608. The van der Waals surface area contributed by atoms with Crippen LogP contribution in [0, 0.1) is 20.8 Å². The molecule has 0 spiro atoms. The molecule has 0 aliphatic heterocycles. The lowest BCUT2D eigenvalue weighted by molar-refractivity contribution is 0.100. The van der Waals surface area contributed by atoms with Gasteiger partial charge in [-0.25, -0.2) is 8.42 Å². The average Bonchev–Trinajstić information content (AvgIpc) is 2.65. The van der Waals surface area contributed by atoms with Crippen LogP contribution in [0.4, 0.5) is 5.69 Å². The minimum absolute atomic E-state index is 0.00160. The van der Waals surface area contributed by atoms with Crippen molar-refractivity contribution in [2.75, 3.05) is 4.31 Å². The summed E-state index contributed by atoms with van der Waals surface area (Å²) in [6, 6.07) is 18.0. The van der Waals surface area contributed by atoms with Gasteiger partial charge in [-0.05, 0) is 74.4 Å². The topological polar surface area (TPSA) is 54.5 Å². The minimum Gasteiger partial charge on any atom is -0.268 e. The Hall–Kier alpha value is -2.63. The Morgan fingerprint density at radius 2 is 1.39 bits per heavy atom. The van der Waals surface area contributed by atoms with Crippen molar-refractivity contribution in [3.63, 3.8) is 0 Å². The second-order valence-corrected chi connectivity index (χ2v) is 8.91. The number of hydrogen-bond acceptors (Lipinski definition) is 3. The molecule has 0 aromatic heterocycles. The average molecular weight is 414 g/mol. The van der Waals surface area contributed by atoms with Gasteiger partial charge < -0.3 is 0 Å². The highest BCUT2D eigenvalue weighted by Crippen LogP contribution is 2.30. The van der Waals surface area contributed by atoms with Gasteiger partial charge in [0.15, 0.2) is 0 Å². The van der Waals surface area contributed by atoms with Gasteiger partial charge in [-0.1, -0.05) is 41.4 Å². The first kappa shape index (κ1) is 20.1. The first-order valence-electron chi connectivity index (χ1n) is 8.69. The van der Waals surface area contributed by atoms with Crippen LogP contribution >= 0.6 is 11.6 Å². The maximum Gasteiger partial charge on any atom is 0.272 e. The van der Waals surface area contributed by atoms with Crippen molar-refractivity contribution in [1.82, 2.24) is 0 Å². The molecular weight excluding hydrogens is 394 g/mol. The van der Waals surface area contributed by atoms with Crippen LogP contribution in [0.5, 0.6) is 0 Å². The summed E-state index contributed by atoms with van der Waals surface area (Å²) in [6.07, 6.45) is 0. The molecule has 0 aliphatic rings. The molecule has 0 saturated heterocycles. The molecule has 3 aromatic rings. The number of hydrogen-bond donors (Lipinski definition) is 0. The van der Waals surface area contributed by atoms with Crippen LogP contribution in [0.3, 0.4) is 0 Å². The van der Waals surface area contributed by atoms with E-state index in [4.69, 9.17) is 11.6 Å². The number of benzene rings is 3. The van der Waals surface area contributed by atoms with Crippen LogP contribution in [-0.4, -0.2) is 14.3 Å². The Morgan fingerprint density at radius 1 is 0.821 bits per heavy atom. The molecule has 0 radical (unpaired) electrons. The van der Waals surface area contributed by atoms with E-state index >= 15 is 0 Å². The predicted molar refractivity (Wildman–Crippen MR) is 113 cm³/mol. The number of amides is 1. The van der Waals surface area contributed by atoms with Crippen LogP contribution in [0.15, 0.2) is 71.6 Å². The number of carbonyl (C=O) groups is 1. The van der Waals surface area contributed by atoms with E-state index in [0.717, 1.165) is 15.4 Å². The Kier molecular flexibility index (Phi) is 5.59. The highest BCUT2D eigenvalue weighted by Gasteiger charge is 2.33. The van der Waals surface area contributed by atoms with Crippen molar-refractivity contribution < 1.29 is 13.2 Å². The number of nitrogens with zero attached hydrogens (tertiary/aromatic N) is 1. The van der Waals surface area contributed by atoms with E-state index in [0.29, 0.717) is 21.8 Å². The van der Waals surface area contributed by atoms with Crippen LogP contribution in [-0.2, 0) is 10.0 Å². The molecule has 1 amide bonds. The molecular formula is C22H20ClNO3S. The van der Waals surface area contributed by atoms with Crippen molar-refractivity contribution in [2.24, 2.45) is 0 Å². The van der Waals surface area contributed by atoms with Crippen molar-refractivity contribution in [2.45, 2.75) is 25.7 Å². The van der Waals surface area contributed by atoms with Crippen LogP contribution in [0.25, 0.3) is 0 Å². The summed E-state index contributed by atoms with van der Waals surface area (Å²) < 4.78 is 27.8. The van der Waals surface area contributed by atoms with E-state index in [1.807, 2.05) is 19.9 Å². The molecule has 3 rings (SSSR count). The van der Waals surface area contributed by atoms with Gasteiger partial charge in [0.1, 0.15) is 0 Å². The number of halogens is 1. The van der Waals surface area contributed by atoms with E-state index in [1.54, 1.807) is 43.3 Å². The van der Waals surface area contributed by atoms with Gasteiger partial charge in [0.25, 0.3) is 15.9 Å². The summed E-state index contributed by atoms with van der Waals surface area (Å²) in [5.41, 5.74) is 3.15. The van der Waals surface area contributed by atoms with Crippen LogP contribution in [0.2, 0.25) is 5.02 Å². The molecule has 0 unspecified atom stereocenters. The van der Waals surface area contributed by atoms with Gasteiger partial charge in [-0.3, -0.25) is 4.79 Å². The minimum atomic E-state index is -4.14. The van der Waals surface area contributed by atoms with Crippen molar-refractivity contribution in [1.29, 1.82) is 0 Å². The van der Waals surface area contributed by atoms with E-state index in [-0.39, 0.29) is 4.90 Å². The van der Waals surface area contributed by atoms with Crippen molar-refractivity contribution in [3.8, 4) is 0 Å². The standard InChI is InChI=1S/C22H20ClNO3S/c1-15-5-8-18(9-6-15)22(25)24(21-14-16(2)4-7-17(21)3)28(26,27)20-12-10-19(23)11-13-20/h4-14H,1-3H3. The zero-order chi connectivity index (χ0) is 20.5. The number of sulfonamides is 1. The van der Waals surface area contributed by atoms with E-state index < -0.39 is 15.9 Å². The van der Waals surface area contributed by atoms with Gasteiger partial charge in [0.05, 0.1) is 10.6 Å². The van der Waals surface area contributed by atoms with Gasteiger partial charge in [0.2, 0.25) is 0 Å². The van der Waals surface area contributed by atoms with Gasteiger partial charge in [-0.2, -0.15) is 4.31 Å². The summed E-state index contributed by atoms with van der Waals surface area (Å²) >= 11 is 5.90. The third-order valence-electron chi connectivity index (χ3n) is 4.42. The third kappa shape index (κ3) is 3.96. The van der Waals surface area contributed by atoms with E-state index in [9.17, 15) is 13.2 Å². The lowest BCUT2D eigenvalue weighted by Gasteiger charge is -2.25. The number of aryl methyl sites for hydroxylation is 3. The Balaban J connectivity index is 2.22. The highest BCUT2D eigenvalue weighted by atomic mass is 35.5. The van der Waals surface area contributed by atoms with E-state index in [2.05, 4.69) is 0 Å². The maximum atomic E-state index is 13.5. The zero-order valence-corrected chi connectivity index (χ0v) is 17.4. The Labute approximate surface area is 170 Å². The SMILES string of the molecule is Cc1ccc(C(=O)N(c2cc(C)ccc2C)S(=O)(=O)c2ccc(Cl)cc2)cc1. The first-order chi connectivity index (χ1) is 13.2. The fourth-order valence-corrected chi connectivity index (χ4v) is 4.41. The molecule has 0 heterocycles. The lowest BCUT2D eigenvalue weighted by atomic mass is 10.1. The predicted octanol–water partition coefficient (Wildman–Crippen LogP) is 5.30. The molecule has 0 fully saturated rings. The molecule has 144 valence electrons. The zero-order valence-electron chi connectivity index (χ0n) is 15.8. The highest BCUT2D eigenvalue weighted by molar-refractivity contribution is 7.93. The molecule has 0 bridgehead atoms. The molecule has 6 heteroatoms. The Morgan fingerprint density at radius 3 is 2.00 bits per heavy atom. The largest absolute Gasteiger partial charge is 0.272 e. The normalized spacial score (nSPS) is 11.3. The summed E-state index contributed by atoms with van der Waals surface area (Å²) in [6.45, 7) is 5.54. The summed E-state index contributed by atoms with van der Waals surface area (Å²) in [7, 11) is -4.14. The molecule has 0 aliphatic carbocycles. The molecule has 0 atom stereocenters. The maximum absolute atomic E-state index is 13.5. The number of carbonyl (C=O) groups excluding carboxylic acids is 1. The van der Waals surface area contributed by atoms with Crippen LogP contribution in [0.1, 0.15) is 27.0 Å². The molecule has 0 N–H and O–H groups in total. The molecule has 4 nitrogen and oxygen atoms in total. The Bertz CT molecular complexity index is 1120. The van der Waals surface area contributed by atoms with Gasteiger partial charge in [-0.15, -0.1) is 0 Å². The first-order valence-corrected chi connectivity index (χ1v) is 10.5. The van der Waals surface area contributed by atoms with E-state index in [1.165, 1.54) is 24.3 Å². The lowest BCUT2D eigenvalue weighted by Crippen LogP contribution is -2.37. The molecule has 28 heavy (non-hydrogen) atoms. The third-order valence-corrected chi connectivity index (χ3v) is 6.38. The molecule has 3 aromatic carbocycles. The number of rotatable bonds is 4. The quantitative estimate of drug-likeness (QED) is 0.583. The van der Waals surface area contributed by atoms with Gasteiger partial charge >= 0.3 is 0 Å². The molecule has 0 saturated carbocycles. The second kappa shape index (κ2) is 7.78.